The summed E-state index contributed by atoms with van der Waals surface area (Å²) in [6.07, 6.45) is 3.09. The van der Waals surface area contributed by atoms with Crippen molar-refractivity contribution in [1.29, 1.82) is 0 Å². The molecule has 3 aliphatic rings. The molecule has 21 heavy (non-hydrogen) atoms. The Morgan fingerprint density at radius 3 is 2.81 bits per heavy atom. The van der Waals surface area contributed by atoms with Crippen LogP contribution in [-0.4, -0.2) is 30.2 Å². The number of hydrogen-bond acceptors (Lipinski definition) is 3. The topological polar surface area (TPSA) is 49.4 Å². The van der Waals surface area contributed by atoms with Crippen molar-refractivity contribution >= 4 is 33.3 Å². The van der Waals surface area contributed by atoms with Crippen LogP contribution in [-0.2, 0) is 15.1 Å². The lowest BCUT2D eigenvalue weighted by atomic mass is 9.65. The molecule has 1 unspecified atom stereocenters. The Kier molecular flexibility index (Phi) is 2.67. The van der Waals surface area contributed by atoms with Crippen molar-refractivity contribution < 1.29 is 9.59 Å². The van der Waals surface area contributed by atoms with Gasteiger partial charge in [0.1, 0.15) is 11.3 Å². The lowest BCUT2D eigenvalue weighted by Gasteiger charge is -2.41. The minimum atomic E-state index is -0.820. The minimum absolute atomic E-state index is 0.0362. The molecule has 110 valence electrons. The molecule has 4 rings (SSSR count). The van der Waals surface area contributed by atoms with Crippen LogP contribution in [0.4, 0.5) is 5.69 Å². The summed E-state index contributed by atoms with van der Waals surface area (Å²) < 4.78 is 0.943. The highest BCUT2D eigenvalue weighted by Crippen LogP contribution is 2.62. The fraction of sp³-hybridized carbons (Fsp3) is 0.500. The number of likely N-dealkylation sites (tertiary alicyclic amines) is 1. The zero-order valence-corrected chi connectivity index (χ0v) is 13.5. The van der Waals surface area contributed by atoms with E-state index in [0.717, 1.165) is 41.5 Å². The molecule has 1 amide bonds. The number of anilines is 1. The van der Waals surface area contributed by atoms with E-state index < -0.39 is 11.0 Å². The van der Waals surface area contributed by atoms with E-state index in [0.29, 0.717) is 6.42 Å². The molecule has 1 N–H and O–H groups in total. The van der Waals surface area contributed by atoms with Gasteiger partial charge in [0.25, 0.3) is 5.91 Å². The lowest BCUT2D eigenvalue weighted by Crippen LogP contribution is -2.56. The Morgan fingerprint density at radius 1 is 1.29 bits per heavy atom. The summed E-state index contributed by atoms with van der Waals surface area (Å²) in [5.41, 5.74) is 0.436. The highest BCUT2D eigenvalue weighted by Gasteiger charge is 2.70. The molecule has 0 radical (unpaired) electrons. The number of benzene rings is 1. The van der Waals surface area contributed by atoms with Gasteiger partial charge in [0.05, 0.1) is 5.41 Å². The summed E-state index contributed by atoms with van der Waals surface area (Å²) in [6.45, 7) is 0.783. The molecule has 2 heterocycles. The molecule has 1 aromatic rings. The zero-order chi connectivity index (χ0) is 14.8. The van der Waals surface area contributed by atoms with Crippen LogP contribution in [0.2, 0.25) is 0 Å². The zero-order valence-electron chi connectivity index (χ0n) is 11.9. The highest BCUT2D eigenvalue weighted by atomic mass is 79.9. The summed E-state index contributed by atoms with van der Waals surface area (Å²) in [4.78, 5) is 27.8. The van der Waals surface area contributed by atoms with Crippen molar-refractivity contribution in [2.45, 2.75) is 31.2 Å². The van der Waals surface area contributed by atoms with E-state index in [2.05, 4.69) is 26.1 Å². The molecule has 1 saturated heterocycles. The normalized spacial score (nSPS) is 35.0. The first-order valence-corrected chi connectivity index (χ1v) is 8.18. The summed E-state index contributed by atoms with van der Waals surface area (Å²) >= 11 is 3.50. The number of amides is 1. The van der Waals surface area contributed by atoms with E-state index in [9.17, 15) is 9.59 Å². The third kappa shape index (κ3) is 1.39. The molecule has 2 aliphatic heterocycles. The van der Waals surface area contributed by atoms with Crippen molar-refractivity contribution in [2.24, 2.45) is 5.41 Å². The fourth-order valence-electron chi connectivity index (χ4n) is 4.76. The first-order valence-electron chi connectivity index (χ1n) is 7.38. The SMILES string of the molecule is CN1CCC2(CCCC2=O)[C@@]12C(=O)Nc1ccc(Br)cc12. The van der Waals surface area contributed by atoms with Crippen LogP contribution < -0.4 is 5.32 Å². The van der Waals surface area contributed by atoms with E-state index in [-0.39, 0.29) is 11.7 Å². The molecule has 1 aliphatic carbocycles. The average molecular weight is 349 g/mol. The lowest BCUT2D eigenvalue weighted by molar-refractivity contribution is -0.141. The van der Waals surface area contributed by atoms with Gasteiger partial charge in [-0.25, -0.2) is 0 Å². The Labute approximate surface area is 132 Å². The van der Waals surface area contributed by atoms with Crippen LogP contribution in [0.1, 0.15) is 31.2 Å². The van der Waals surface area contributed by atoms with E-state index in [1.807, 2.05) is 25.2 Å². The van der Waals surface area contributed by atoms with Gasteiger partial charge in [0.2, 0.25) is 0 Å². The van der Waals surface area contributed by atoms with Crippen LogP contribution >= 0.6 is 15.9 Å². The monoisotopic (exact) mass is 348 g/mol. The Bertz CT molecular complexity index is 674. The van der Waals surface area contributed by atoms with Crippen molar-refractivity contribution in [3.8, 4) is 0 Å². The number of hydrogen-bond donors (Lipinski definition) is 1. The van der Waals surface area contributed by atoms with Gasteiger partial charge < -0.3 is 5.32 Å². The molecule has 4 nitrogen and oxygen atoms in total. The third-order valence-corrected chi connectivity index (χ3v) is 6.12. The number of nitrogens with one attached hydrogen (secondary N) is 1. The summed E-state index contributed by atoms with van der Waals surface area (Å²) in [5, 5.41) is 3.01. The quantitative estimate of drug-likeness (QED) is 0.784. The molecule has 2 spiro atoms. The number of likely N-dealkylation sites (N-methyl/N-ethyl adjacent to an activating group) is 1. The van der Waals surface area contributed by atoms with Crippen molar-refractivity contribution in [3.05, 3.63) is 28.2 Å². The number of carbonyl (C=O) groups is 2. The maximum absolute atomic E-state index is 13.0. The molecular weight excluding hydrogens is 332 g/mol. The highest BCUT2D eigenvalue weighted by molar-refractivity contribution is 9.10. The van der Waals surface area contributed by atoms with Gasteiger partial charge in [-0.2, -0.15) is 0 Å². The maximum Gasteiger partial charge on any atom is 0.250 e. The largest absolute Gasteiger partial charge is 0.324 e. The van der Waals surface area contributed by atoms with E-state index in [1.54, 1.807) is 0 Å². The van der Waals surface area contributed by atoms with E-state index in [1.165, 1.54) is 0 Å². The van der Waals surface area contributed by atoms with Gasteiger partial charge in [-0.1, -0.05) is 15.9 Å². The number of halogens is 1. The minimum Gasteiger partial charge on any atom is -0.324 e. The van der Waals surface area contributed by atoms with Crippen molar-refractivity contribution in [2.75, 3.05) is 18.9 Å². The maximum atomic E-state index is 13.0. The first kappa shape index (κ1) is 13.5. The van der Waals surface area contributed by atoms with E-state index >= 15 is 0 Å². The molecule has 0 aromatic heterocycles. The van der Waals surface area contributed by atoms with Crippen LogP contribution in [0, 0.1) is 5.41 Å². The van der Waals surface area contributed by atoms with Crippen LogP contribution in [0.3, 0.4) is 0 Å². The fourth-order valence-corrected chi connectivity index (χ4v) is 5.12. The molecular formula is C16H17BrN2O2. The van der Waals surface area contributed by atoms with E-state index in [4.69, 9.17) is 0 Å². The van der Waals surface area contributed by atoms with Gasteiger partial charge >= 0.3 is 0 Å². The molecule has 1 saturated carbocycles. The Hall–Kier alpha value is -1.20. The molecule has 1 aromatic carbocycles. The number of carbonyl (C=O) groups excluding carboxylic acids is 2. The van der Waals surface area contributed by atoms with Gasteiger partial charge in [0.15, 0.2) is 0 Å². The predicted octanol–water partition coefficient (Wildman–Crippen LogP) is 2.67. The van der Waals surface area contributed by atoms with Crippen molar-refractivity contribution in [3.63, 3.8) is 0 Å². The second-order valence-electron chi connectivity index (χ2n) is 6.38. The number of nitrogens with zero attached hydrogens (tertiary/aromatic N) is 1. The molecule has 5 heteroatoms. The molecule has 2 atom stereocenters. The first-order chi connectivity index (χ1) is 10.0. The van der Waals surface area contributed by atoms with Gasteiger partial charge in [0, 0.05) is 28.7 Å². The van der Waals surface area contributed by atoms with Gasteiger partial charge in [-0.3, -0.25) is 14.5 Å². The number of ketones is 1. The second kappa shape index (κ2) is 4.17. The van der Waals surface area contributed by atoms with Crippen molar-refractivity contribution in [1.82, 2.24) is 4.90 Å². The number of rotatable bonds is 0. The number of fused-ring (bicyclic) bond motifs is 3. The summed E-state index contributed by atoms with van der Waals surface area (Å²) in [5.74, 6) is 0.223. The average Bonchev–Trinajstić information content (AvgIpc) is 3.05. The van der Waals surface area contributed by atoms with Crippen LogP contribution in [0.15, 0.2) is 22.7 Å². The van der Waals surface area contributed by atoms with Gasteiger partial charge in [-0.05, 0) is 44.5 Å². The van der Waals surface area contributed by atoms with Crippen LogP contribution in [0.25, 0.3) is 0 Å². The van der Waals surface area contributed by atoms with Gasteiger partial charge in [-0.15, -0.1) is 0 Å². The Balaban J connectivity index is 2.03. The van der Waals surface area contributed by atoms with Crippen LogP contribution in [0.5, 0.6) is 0 Å². The molecule has 0 bridgehead atoms. The summed E-state index contributed by atoms with van der Waals surface area (Å²) in [7, 11) is 1.97. The summed E-state index contributed by atoms with van der Waals surface area (Å²) in [6, 6.07) is 5.85. The standard InChI is InChI=1S/C16H17BrN2O2/c1-19-8-7-15(6-2-3-13(15)20)16(19)11-9-10(17)4-5-12(11)18-14(16)21/h4-5,9H,2-3,6-8H2,1H3,(H,18,21)/t15?,16-/m1/s1. The third-order valence-electron chi connectivity index (χ3n) is 5.63. The Morgan fingerprint density at radius 2 is 2.10 bits per heavy atom. The number of Topliss-reactive ketones (excluding diaryl/α,β-unsaturated/α-hetero) is 1. The predicted molar refractivity (Wildman–Crippen MR) is 83.0 cm³/mol. The molecule has 2 fully saturated rings. The second-order valence-corrected chi connectivity index (χ2v) is 7.30. The smallest absolute Gasteiger partial charge is 0.250 e.